The summed E-state index contributed by atoms with van der Waals surface area (Å²) in [6.45, 7) is 9.91. The zero-order valence-corrected chi connectivity index (χ0v) is 12.4. The van der Waals surface area contributed by atoms with Crippen LogP contribution in [0.3, 0.4) is 0 Å². The number of nitrogens with one attached hydrogen (secondary N) is 1. The summed E-state index contributed by atoms with van der Waals surface area (Å²) >= 11 is 0. The van der Waals surface area contributed by atoms with Crippen LogP contribution in [-0.2, 0) is 9.53 Å². The molecule has 0 aromatic rings. The third kappa shape index (κ3) is 4.75. The van der Waals surface area contributed by atoms with E-state index in [1.54, 1.807) is 0 Å². The highest BCUT2D eigenvalue weighted by Crippen LogP contribution is 2.24. The summed E-state index contributed by atoms with van der Waals surface area (Å²) in [5, 5.41) is 3.04. The average molecular weight is 271 g/mol. The Kier molecular flexibility index (Phi) is 7.34. The van der Waals surface area contributed by atoms with Crippen molar-refractivity contribution in [3.8, 4) is 0 Å². The van der Waals surface area contributed by atoms with Gasteiger partial charge in [0.2, 0.25) is 5.91 Å². The molecule has 1 fully saturated rings. The maximum atomic E-state index is 12.2. The Balaban J connectivity index is 2.22. The molecule has 0 saturated carbocycles. The molecule has 1 saturated heterocycles. The van der Waals surface area contributed by atoms with Gasteiger partial charge >= 0.3 is 0 Å². The highest BCUT2D eigenvalue weighted by molar-refractivity contribution is 5.82. The van der Waals surface area contributed by atoms with Crippen molar-refractivity contribution < 1.29 is 9.53 Å². The first-order valence-corrected chi connectivity index (χ1v) is 7.47. The lowest BCUT2D eigenvalue weighted by Gasteiger charge is -2.29. The molecule has 0 unspecified atom stereocenters. The van der Waals surface area contributed by atoms with E-state index in [9.17, 15) is 4.79 Å². The monoisotopic (exact) mass is 271 g/mol. The fourth-order valence-electron chi connectivity index (χ4n) is 2.47. The van der Waals surface area contributed by atoms with Crippen LogP contribution in [0.2, 0.25) is 0 Å². The maximum Gasteiger partial charge on any atom is 0.227 e. The van der Waals surface area contributed by atoms with Crippen molar-refractivity contribution in [1.29, 1.82) is 0 Å². The van der Waals surface area contributed by atoms with Crippen molar-refractivity contribution in [3.05, 3.63) is 0 Å². The Bertz CT molecular complexity index is 253. The molecule has 0 bridgehead atoms. The molecule has 0 aliphatic carbocycles. The predicted molar refractivity (Wildman–Crippen MR) is 77.0 cm³/mol. The molecule has 5 heteroatoms. The van der Waals surface area contributed by atoms with Crippen LogP contribution in [0.15, 0.2) is 0 Å². The van der Waals surface area contributed by atoms with Crippen LogP contribution in [0.4, 0.5) is 0 Å². The lowest BCUT2D eigenvalue weighted by Crippen LogP contribution is -2.46. The number of hydrogen-bond acceptors (Lipinski definition) is 4. The van der Waals surface area contributed by atoms with Crippen LogP contribution in [0.25, 0.3) is 0 Å². The molecule has 3 N–H and O–H groups in total. The quantitative estimate of drug-likeness (QED) is 0.634. The van der Waals surface area contributed by atoms with Crippen molar-refractivity contribution in [1.82, 2.24) is 10.2 Å². The van der Waals surface area contributed by atoms with E-state index in [1.165, 1.54) is 0 Å². The highest BCUT2D eigenvalue weighted by atomic mass is 16.5. The number of carbonyl (C=O) groups excluding carboxylic acids is 1. The standard InChI is InChI=1S/C14H29N3O2/c1-3-14(4-2,12-15)13(18)16-6-5-7-17-8-10-19-11-9-17/h3-12,15H2,1-2H3,(H,16,18). The molecule has 19 heavy (non-hydrogen) atoms. The normalized spacial score (nSPS) is 17.4. The van der Waals surface area contributed by atoms with Gasteiger partial charge in [0.25, 0.3) is 0 Å². The first-order chi connectivity index (χ1) is 9.18. The van der Waals surface area contributed by atoms with Crippen molar-refractivity contribution in [2.45, 2.75) is 33.1 Å². The summed E-state index contributed by atoms with van der Waals surface area (Å²) in [4.78, 5) is 14.6. The number of hydrogen-bond donors (Lipinski definition) is 2. The lowest BCUT2D eigenvalue weighted by atomic mass is 9.81. The van der Waals surface area contributed by atoms with E-state index in [0.717, 1.165) is 58.7 Å². The van der Waals surface area contributed by atoms with Gasteiger partial charge < -0.3 is 15.8 Å². The van der Waals surface area contributed by atoms with Crippen LogP contribution in [0, 0.1) is 5.41 Å². The molecule has 0 spiro atoms. The van der Waals surface area contributed by atoms with Crippen LogP contribution < -0.4 is 11.1 Å². The zero-order chi connectivity index (χ0) is 14.1. The number of amides is 1. The van der Waals surface area contributed by atoms with Crippen molar-refractivity contribution >= 4 is 5.91 Å². The number of ether oxygens (including phenoxy) is 1. The Morgan fingerprint density at radius 3 is 2.47 bits per heavy atom. The molecule has 112 valence electrons. The third-order valence-corrected chi connectivity index (χ3v) is 4.27. The fourth-order valence-corrected chi connectivity index (χ4v) is 2.47. The molecule has 1 rings (SSSR count). The predicted octanol–water partition coefficient (Wildman–Crippen LogP) is 0.590. The third-order valence-electron chi connectivity index (χ3n) is 4.27. The number of morpholine rings is 1. The number of carbonyl (C=O) groups is 1. The van der Waals surface area contributed by atoms with Crippen molar-refractivity contribution in [3.63, 3.8) is 0 Å². The topological polar surface area (TPSA) is 67.6 Å². The van der Waals surface area contributed by atoms with E-state index in [-0.39, 0.29) is 11.3 Å². The molecule has 0 aromatic heterocycles. The summed E-state index contributed by atoms with van der Waals surface area (Å²) in [5.74, 6) is 0.113. The van der Waals surface area contributed by atoms with Gasteiger partial charge in [-0.15, -0.1) is 0 Å². The molecule has 0 radical (unpaired) electrons. The van der Waals surface area contributed by atoms with E-state index in [2.05, 4.69) is 10.2 Å². The van der Waals surface area contributed by atoms with Crippen LogP contribution in [0.5, 0.6) is 0 Å². The minimum atomic E-state index is -0.376. The largest absolute Gasteiger partial charge is 0.379 e. The highest BCUT2D eigenvalue weighted by Gasteiger charge is 2.32. The first kappa shape index (κ1) is 16.4. The van der Waals surface area contributed by atoms with Gasteiger partial charge in [0.15, 0.2) is 0 Å². The van der Waals surface area contributed by atoms with E-state index in [0.29, 0.717) is 6.54 Å². The van der Waals surface area contributed by atoms with Crippen LogP contribution in [-0.4, -0.2) is 56.7 Å². The van der Waals surface area contributed by atoms with Crippen molar-refractivity contribution in [2.75, 3.05) is 45.9 Å². The van der Waals surface area contributed by atoms with Crippen molar-refractivity contribution in [2.24, 2.45) is 11.1 Å². The number of nitrogens with zero attached hydrogens (tertiary/aromatic N) is 1. The molecular formula is C14H29N3O2. The molecule has 0 aromatic carbocycles. The van der Waals surface area contributed by atoms with E-state index >= 15 is 0 Å². The van der Waals surface area contributed by atoms with Gasteiger partial charge in [0.05, 0.1) is 18.6 Å². The minimum Gasteiger partial charge on any atom is -0.379 e. The molecular weight excluding hydrogens is 242 g/mol. The Labute approximate surface area is 116 Å². The van der Waals surface area contributed by atoms with Gasteiger partial charge in [-0.25, -0.2) is 0 Å². The summed E-state index contributed by atoms with van der Waals surface area (Å²) in [6, 6.07) is 0. The van der Waals surface area contributed by atoms with Crippen LogP contribution in [0.1, 0.15) is 33.1 Å². The lowest BCUT2D eigenvalue weighted by molar-refractivity contribution is -0.131. The van der Waals surface area contributed by atoms with Crippen LogP contribution >= 0.6 is 0 Å². The van der Waals surface area contributed by atoms with E-state index in [1.807, 2.05) is 13.8 Å². The molecule has 1 amide bonds. The molecule has 1 heterocycles. The smallest absolute Gasteiger partial charge is 0.227 e. The molecule has 0 atom stereocenters. The van der Waals surface area contributed by atoms with Gasteiger partial charge in [-0.05, 0) is 25.8 Å². The summed E-state index contributed by atoms with van der Waals surface area (Å²) in [5.41, 5.74) is 5.39. The van der Waals surface area contributed by atoms with Gasteiger partial charge in [-0.2, -0.15) is 0 Å². The Morgan fingerprint density at radius 2 is 1.95 bits per heavy atom. The second-order valence-corrected chi connectivity index (χ2v) is 5.26. The zero-order valence-electron chi connectivity index (χ0n) is 12.4. The SMILES string of the molecule is CCC(CC)(CN)C(=O)NCCCN1CCOCC1. The summed E-state index contributed by atoms with van der Waals surface area (Å²) < 4.78 is 5.31. The molecule has 1 aliphatic heterocycles. The minimum absolute atomic E-state index is 0.113. The van der Waals surface area contributed by atoms with Gasteiger partial charge in [-0.3, -0.25) is 9.69 Å². The van der Waals surface area contributed by atoms with E-state index < -0.39 is 0 Å². The summed E-state index contributed by atoms with van der Waals surface area (Å²) in [7, 11) is 0. The number of nitrogens with two attached hydrogens (primary N) is 1. The van der Waals surface area contributed by atoms with Gasteiger partial charge in [0, 0.05) is 26.2 Å². The molecule has 1 aliphatic rings. The number of rotatable bonds is 8. The summed E-state index contributed by atoms with van der Waals surface area (Å²) in [6.07, 6.45) is 2.59. The second-order valence-electron chi connectivity index (χ2n) is 5.26. The Morgan fingerprint density at radius 1 is 1.32 bits per heavy atom. The second kappa shape index (κ2) is 8.51. The molecule has 5 nitrogen and oxygen atoms in total. The fraction of sp³-hybridized carbons (Fsp3) is 0.929. The van der Waals surface area contributed by atoms with Gasteiger partial charge in [-0.1, -0.05) is 13.8 Å². The first-order valence-electron chi connectivity index (χ1n) is 7.47. The maximum absolute atomic E-state index is 12.2. The van der Waals surface area contributed by atoms with E-state index in [4.69, 9.17) is 10.5 Å². The average Bonchev–Trinajstić information content (AvgIpc) is 2.47. The van der Waals surface area contributed by atoms with Gasteiger partial charge in [0.1, 0.15) is 0 Å². The Hall–Kier alpha value is -0.650.